The average molecular weight is 393 g/mol. The van der Waals surface area contributed by atoms with Gasteiger partial charge in [0, 0.05) is 13.0 Å². The van der Waals surface area contributed by atoms with Crippen LogP contribution in [0.2, 0.25) is 0 Å². The molecule has 1 heterocycles. The number of amidine groups is 1. The Hall–Kier alpha value is -1.46. The number of quaternary nitrogens is 1. The Morgan fingerprint density at radius 1 is 1.04 bits per heavy atom. The van der Waals surface area contributed by atoms with E-state index in [0.717, 1.165) is 18.7 Å². The summed E-state index contributed by atoms with van der Waals surface area (Å²) >= 11 is 0. The summed E-state index contributed by atoms with van der Waals surface area (Å²) < 4.78 is 0.302. The van der Waals surface area contributed by atoms with E-state index in [0.29, 0.717) is 17.6 Å². The van der Waals surface area contributed by atoms with Gasteiger partial charge in [-0.1, -0.05) is 64.0 Å². The molecule has 0 radical (unpaired) electrons. The van der Waals surface area contributed by atoms with Gasteiger partial charge in [-0.25, -0.2) is 14.3 Å². The number of allylic oxidation sites excluding steroid dienone is 2. The summed E-state index contributed by atoms with van der Waals surface area (Å²) in [5, 5.41) is 9.23. The van der Waals surface area contributed by atoms with Crippen LogP contribution in [-0.2, 0) is 4.79 Å². The summed E-state index contributed by atoms with van der Waals surface area (Å²) in [5.74, 6) is 0.152. The standard InChI is InChI=1S/C23H41N3O2/c1-2-3-4-5-6-7-8-9-10-11-12-13-14-15-16-22-25-18-20-26(22,19-17-24)21-23(27)28/h7-8,18,20H,2-6,9-17,19,21,24H2,1H3/p+1/b8-7+. The van der Waals surface area contributed by atoms with Gasteiger partial charge < -0.3 is 10.8 Å². The lowest BCUT2D eigenvalue weighted by Gasteiger charge is -2.30. The van der Waals surface area contributed by atoms with E-state index in [4.69, 9.17) is 5.73 Å². The van der Waals surface area contributed by atoms with Gasteiger partial charge in [0.05, 0.1) is 6.20 Å². The Kier molecular flexibility index (Phi) is 13.6. The molecule has 28 heavy (non-hydrogen) atoms. The molecule has 5 heteroatoms. The summed E-state index contributed by atoms with van der Waals surface area (Å²) in [7, 11) is 0. The molecular formula is C23H42N3O2+. The van der Waals surface area contributed by atoms with E-state index < -0.39 is 5.97 Å². The molecule has 0 spiro atoms. The maximum atomic E-state index is 11.2. The number of nitrogens with two attached hydrogens (primary N) is 1. The SMILES string of the molecule is CCCCCC/C=C/CCCCCCCCC1=NC=C[N+]1(CCN)CC(=O)O. The zero-order valence-electron chi connectivity index (χ0n) is 18.0. The number of rotatable bonds is 18. The molecule has 1 unspecified atom stereocenters. The van der Waals surface area contributed by atoms with Gasteiger partial charge in [-0.2, -0.15) is 0 Å². The highest BCUT2D eigenvalue weighted by Crippen LogP contribution is 2.21. The largest absolute Gasteiger partial charge is 0.477 e. The summed E-state index contributed by atoms with van der Waals surface area (Å²) in [6.45, 7) is 3.36. The Bertz CT molecular complexity index is 514. The molecule has 160 valence electrons. The van der Waals surface area contributed by atoms with Crippen LogP contribution in [0.3, 0.4) is 0 Å². The minimum Gasteiger partial charge on any atom is -0.477 e. The van der Waals surface area contributed by atoms with Crippen molar-refractivity contribution in [1.82, 2.24) is 0 Å². The smallest absolute Gasteiger partial charge is 0.360 e. The number of carbonyl (C=O) groups is 1. The third kappa shape index (κ3) is 10.2. The zero-order valence-corrected chi connectivity index (χ0v) is 18.0. The minimum absolute atomic E-state index is 0.0403. The van der Waals surface area contributed by atoms with Crippen LogP contribution in [0.5, 0.6) is 0 Å². The number of carboxylic acid groups (broad SMARTS) is 1. The number of unbranched alkanes of at least 4 members (excludes halogenated alkanes) is 10. The van der Waals surface area contributed by atoms with Gasteiger partial charge in [0.1, 0.15) is 12.7 Å². The van der Waals surface area contributed by atoms with Gasteiger partial charge in [-0.3, -0.25) is 0 Å². The molecule has 1 rings (SSSR count). The molecule has 0 aromatic rings. The van der Waals surface area contributed by atoms with Gasteiger partial charge in [-0.05, 0) is 32.1 Å². The van der Waals surface area contributed by atoms with Crippen molar-refractivity contribution >= 4 is 11.8 Å². The Morgan fingerprint density at radius 2 is 1.64 bits per heavy atom. The fraction of sp³-hybridized carbons (Fsp3) is 0.739. The minimum atomic E-state index is -0.803. The monoisotopic (exact) mass is 392 g/mol. The van der Waals surface area contributed by atoms with Crippen molar-refractivity contribution in [1.29, 1.82) is 0 Å². The number of hydrogen-bond acceptors (Lipinski definition) is 3. The second kappa shape index (κ2) is 15.5. The van der Waals surface area contributed by atoms with Gasteiger partial charge in [0.2, 0.25) is 5.84 Å². The van der Waals surface area contributed by atoms with Crippen LogP contribution in [-0.4, -0.2) is 41.0 Å². The van der Waals surface area contributed by atoms with Crippen LogP contribution in [0.1, 0.15) is 90.4 Å². The third-order valence-corrected chi connectivity index (χ3v) is 5.45. The second-order valence-corrected chi connectivity index (χ2v) is 7.92. The van der Waals surface area contributed by atoms with E-state index in [2.05, 4.69) is 24.1 Å². The van der Waals surface area contributed by atoms with E-state index >= 15 is 0 Å². The molecule has 0 aliphatic carbocycles. The van der Waals surface area contributed by atoms with Crippen molar-refractivity contribution in [2.45, 2.75) is 90.4 Å². The highest BCUT2D eigenvalue weighted by atomic mass is 16.4. The summed E-state index contributed by atoms with van der Waals surface area (Å²) in [6.07, 6.45) is 24.4. The molecule has 0 saturated heterocycles. The van der Waals surface area contributed by atoms with Crippen LogP contribution in [0.15, 0.2) is 29.5 Å². The van der Waals surface area contributed by atoms with Crippen molar-refractivity contribution in [2.75, 3.05) is 19.6 Å². The highest BCUT2D eigenvalue weighted by Gasteiger charge is 2.36. The number of aliphatic imine (C=N–C) groups is 1. The molecule has 0 amide bonds. The van der Waals surface area contributed by atoms with Crippen molar-refractivity contribution in [3.63, 3.8) is 0 Å². The number of nitrogens with zero attached hydrogens (tertiary/aromatic N) is 2. The van der Waals surface area contributed by atoms with E-state index in [1.54, 1.807) is 6.20 Å². The number of hydrogen-bond donors (Lipinski definition) is 2. The lowest BCUT2D eigenvalue weighted by atomic mass is 10.1. The Balaban J connectivity index is 2.06. The van der Waals surface area contributed by atoms with Crippen LogP contribution in [0, 0.1) is 0 Å². The summed E-state index contributed by atoms with van der Waals surface area (Å²) in [5.41, 5.74) is 5.71. The third-order valence-electron chi connectivity index (χ3n) is 5.45. The topological polar surface area (TPSA) is 75.7 Å². The molecule has 1 aliphatic heterocycles. The first-order valence-electron chi connectivity index (χ1n) is 11.3. The van der Waals surface area contributed by atoms with Gasteiger partial charge in [-0.15, -0.1) is 0 Å². The lowest BCUT2D eigenvalue weighted by molar-refractivity contribution is -0.778. The number of aliphatic carboxylic acids is 1. The molecular weight excluding hydrogens is 350 g/mol. The first kappa shape index (κ1) is 24.6. The lowest BCUT2D eigenvalue weighted by Crippen LogP contribution is -2.52. The fourth-order valence-corrected chi connectivity index (χ4v) is 3.81. The van der Waals surface area contributed by atoms with Crippen molar-refractivity contribution < 1.29 is 14.4 Å². The molecule has 0 bridgehead atoms. The molecule has 0 aromatic heterocycles. The van der Waals surface area contributed by atoms with Gasteiger partial charge in [0.15, 0.2) is 6.54 Å². The molecule has 5 nitrogen and oxygen atoms in total. The molecule has 0 saturated carbocycles. The number of carboxylic acids is 1. The van der Waals surface area contributed by atoms with E-state index in [-0.39, 0.29) is 6.54 Å². The maximum absolute atomic E-state index is 11.2. The fourth-order valence-electron chi connectivity index (χ4n) is 3.81. The first-order chi connectivity index (χ1) is 13.6. The van der Waals surface area contributed by atoms with Crippen LogP contribution in [0.25, 0.3) is 0 Å². The maximum Gasteiger partial charge on any atom is 0.360 e. The highest BCUT2D eigenvalue weighted by molar-refractivity contribution is 5.81. The van der Waals surface area contributed by atoms with E-state index in [9.17, 15) is 9.90 Å². The second-order valence-electron chi connectivity index (χ2n) is 7.92. The molecule has 3 N–H and O–H groups in total. The van der Waals surface area contributed by atoms with E-state index in [1.165, 1.54) is 70.6 Å². The first-order valence-corrected chi connectivity index (χ1v) is 11.3. The Labute approximate surface area is 172 Å². The summed E-state index contributed by atoms with van der Waals surface area (Å²) in [4.78, 5) is 15.7. The van der Waals surface area contributed by atoms with Gasteiger partial charge in [0.25, 0.3) is 0 Å². The van der Waals surface area contributed by atoms with Crippen LogP contribution >= 0.6 is 0 Å². The molecule has 0 aromatic carbocycles. The predicted molar refractivity (Wildman–Crippen MR) is 118 cm³/mol. The van der Waals surface area contributed by atoms with Crippen molar-refractivity contribution in [3.8, 4) is 0 Å². The quantitative estimate of drug-likeness (QED) is 0.187. The molecule has 1 aliphatic rings. The van der Waals surface area contributed by atoms with Gasteiger partial charge >= 0.3 is 5.97 Å². The van der Waals surface area contributed by atoms with E-state index in [1.807, 2.05) is 6.20 Å². The zero-order chi connectivity index (χ0) is 20.5. The normalized spacial score (nSPS) is 18.9. The van der Waals surface area contributed by atoms with Crippen LogP contribution in [0.4, 0.5) is 0 Å². The Morgan fingerprint density at radius 3 is 2.25 bits per heavy atom. The predicted octanol–water partition coefficient (Wildman–Crippen LogP) is 5.38. The van der Waals surface area contributed by atoms with Crippen molar-refractivity contribution in [3.05, 3.63) is 24.6 Å². The summed E-state index contributed by atoms with van der Waals surface area (Å²) in [6, 6.07) is 0. The average Bonchev–Trinajstić information content (AvgIpc) is 3.03. The molecule has 1 atom stereocenters. The van der Waals surface area contributed by atoms with Crippen LogP contribution < -0.4 is 5.73 Å². The van der Waals surface area contributed by atoms with Crippen molar-refractivity contribution in [2.24, 2.45) is 10.7 Å². The molecule has 0 fully saturated rings.